The third-order valence-corrected chi connectivity index (χ3v) is 6.28. The minimum Gasteiger partial charge on any atom is -0.493 e. The molecule has 184 valence electrons. The number of ether oxygens (including phenoxy) is 2. The molecule has 0 spiro atoms. The Balaban J connectivity index is 1.46. The van der Waals surface area contributed by atoms with Crippen LogP contribution in [-0.4, -0.2) is 54.2 Å². The van der Waals surface area contributed by atoms with Crippen LogP contribution in [0, 0.1) is 10.1 Å². The lowest BCUT2D eigenvalue weighted by Crippen LogP contribution is -2.40. The van der Waals surface area contributed by atoms with Crippen LogP contribution in [0.1, 0.15) is 29.3 Å². The number of amides is 1. The first kappa shape index (κ1) is 24.3. The molecular weight excluding hydrogens is 448 g/mol. The highest BCUT2D eigenvalue weighted by atomic mass is 16.6. The fourth-order valence-corrected chi connectivity index (χ4v) is 4.62. The lowest BCUT2D eigenvalue weighted by atomic mass is 10.0. The summed E-state index contributed by atoms with van der Waals surface area (Å²) in [5.41, 5.74) is 2.91. The lowest BCUT2D eigenvalue weighted by molar-refractivity contribution is -0.384. The molecule has 2 heterocycles. The SMILES string of the molecule is COc1ccc(CCNC(=O)CN2CCCn3cccc3C2c2cccc([N+](=O)[O-])c2)cc1OC. The maximum atomic E-state index is 12.9. The predicted molar refractivity (Wildman–Crippen MR) is 132 cm³/mol. The number of carbonyl (C=O) groups is 1. The van der Waals surface area contributed by atoms with Crippen molar-refractivity contribution in [3.8, 4) is 11.5 Å². The van der Waals surface area contributed by atoms with Gasteiger partial charge < -0.3 is 19.4 Å². The van der Waals surface area contributed by atoms with E-state index >= 15 is 0 Å². The van der Waals surface area contributed by atoms with Crippen LogP contribution in [0.15, 0.2) is 60.8 Å². The zero-order chi connectivity index (χ0) is 24.8. The zero-order valence-corrected chi connectivity index (χ0v) is 20.0. The van der Waals surface area contributed by atoms with Gasteiger partial charge in [0.15, 0.2) is 11.5 Å². The lowest BCUT2D eigenvalue weighted by Gasteiger charge is -2.30. The number of nitro groups is 1. The van der Waals surface area contributed by atoms with Crippen molar-refractivity contribution < 1.29 is 19.2 Å². The van der Waals surface area contributed by atoms with Gasteiger partial charge in [-0.15, -0.1) is 0 Å². The van der Waals surface area contributed by atoms with Crippen molar-refractivity contribution in [2.45, 2.75) is 25.4 Å². The Morgan fingerprint density at radius 1 is 1.09 bits per heavy atom. The summed E-state index contributed by atoms with van der Waals surface area (Å²) in [5.74, 6) is 1.24. The first-order valence-electron chi connectivity index (χ1n) is 11.6. The fourth-order valence-electron chi connectivity index (χ4n) is 4.62. The number of nitrogens with zero attached hydrogens (tertiary/aromatic N) is 3. The number of carbonyl (C=O) groups excluding carboxylic acids is 1. The van der Waals surface area contributed by atoms with Gasteiger partial charge in [-0.05, 0) is 48.2 Å². The average molecular weight is 479 g/mol. The average Bonchev–Trinajstić information content (AvgIpc) is 3.25. The minimum atomic E-state index is -0.384. The quantitative estimate of drug-likeness (QED) is 0.373. The van der Waals surface area contributed by atoms with Crippen LogP contribution >= 0.6 is 0 Å². The van der Waals surface area contributed by atoms with Crippen LogP contribution in [0.4, 0.5) is 5.69 Å². The maximum Gasteiger partial charge on any atom is 0.269 e. The van der Waals surface area contributed by atoms with Gasteiger partial charge in [-0.3, -0.25) is 19.8 Å². The summed E-state index contributed by atoms with van der Waals surface area (Å²) in [6.45, 7) is 2.23. The summed E-state index contributed by atoms with van der Waals surface area (Å²) in [5, 5.41) is 14.4. The Labute approximate surface area is 204 Å². The van der Waals surface area contributed by atoms with Crippen molar-refractivity contribution >= 4 is 11.6 Å². The van der Waals surface area contributed by atoms with Crippen molar-refractivity contribution in [1.82, 2.24) is 14.8 Å². The number of nitro benzene ring substituents is 1. The topological polar surface area (TPSA) is 98.9 Å². The van der Waals surface area contributed by atoms with Crippen molar-refractivity contribution in [3.05, 3.63) is 87.7 Å². The smallest absolute Gasteiger partial charge is 0.269 e. The summed E-state index contributed by atoms with van der Waals surface area (Å²) >= 11 is 0. The molecule has 1 atom stereocenters. The number of rotatable bonds is 9. The van der Waals surface area contributed by atoms with Crippen LogP contribution in [0.5, 0.6) is 11.5 Å². The highest BCUT2D eigenvalue weighted by Crippen LogP contribution is 2.33. The van der Waals surface area contributed by atoms with Crippen LogP contribution < -0.4 is 14.8 Å². The number of aryl methyl sites for hydroxylation is 1. The summed E-state index contributed by atoms with van der Waals surface area (Å²) in [7, 11) is 3.19. The molecule has 0 saturated heterocycles. The number of fused-ring (bicyclic) bond motifs is 1. The van der Waals surface area contributed by atoms with Crippen LogP contribution in [0.2, 0.25) is 0 Å². The fraction of sp³-hybridized carbons (Fsp3) is 0.346. The third-order valence-electron chi connectivity index (χ3n) is 6.28. The zero-order valence-electron chi connectivity index (χ0n) is 20.0. The molecule has 35 heavy (non-hydrogen) atoms. The molecule has 1 aromatic heterocycles. The van der Waals surface area contributed by atoms with E-state index in [1.54, 1.807) is 26.4 Å². The molecule has 1 unspecified atom stereocenters. The Morgan fingerprint density at radius 3 is 2.69 bits per heavy atom. The summed E-state index contributed by atoms with van der Waals surface area (Å²) < 4.78 is 12.8. The van der Waals surface area contributed by atoms with E-state index in [0.717, 1.165) is 29.8 Å². The Bertz CT molecular complexity index is 1190. The first-order chi connectivity index (χ1) is 17.0. The number of methoxy groups -OCH3 is 2. The molecule has 0 saturated carbocycles. The van der Waals surface area contributed by atoms with Gasteiger partial charge in [0.25, 0.3) is 5.69 Å². The summed E-state index contributed by atoms with van der Waals surface area (Å²) in [6, 6.07) is 16.2. The monoisotopic (exact) mass is 478 g/mol. The molecule has 3 aromatic rings. The molecule has 9 heteroatoms. The van der Waals surface area contributed by atoms with Crippen LogP contribution in [0.25, 0.3) is 0 Å². The molecule has 0 aliphatic carbocycles. The molecule has 0 bridgehead atoms. The molecule has 1 amide bonds. The molecule has 1 N–H and O–H groups in total. The standard InChI is InChI=1S/C26H30N4O5/c1-34-23-10-9-19(16-24(23)35-2)11-12-27-25(31)18-29-15-5-14-28-13-4-8-22(28)26(29)20-6-3-7-21(17-20)30(32)33/h3-4,6-10,13,16-17,26H,5,11-12,14-15,18H2,1-2H3,(H,27,31). The second-order valence-corrected chi connectivity index (χ2v) is 8.49. The van der Waals surface area contributed by atoms with E-state index in [2.05, 4.69) is 14.8 Å². The maximum absolute atomic E-state index is 12.9. The van der Waals surface area contributed by atoms with Gasteiger partial charge >= 0.3 is 0 Å². The summed E-state index contributed by atoms with van der Waals surface area (Å²) in [6.07, 6.45) is 3.56. The number of nitrogens with one attached hydrogen (secondary N) is 1. The van der Waals surface area contributed by atoms with Gasteiger partial charge in [-0.25, -0.2) is 0 Å². The highest BCUT2D eigenvalue weighted by molar-refractivity contribution is 5.78. The van der Waals surface area contributed by atoms with E-state index in [1.807, 2.05) is 42.6 Å². The Hall–Kier alpha value is -3.85. The van der Waals surface area contributed by atoms with Crippen molar-refractivity contribution in [2.24, 2.45) is 0 Å². The Kier molecular flexibility index (Phi) is 7.67. The number of benzene rings is 2. The van der Waals surface area contributed by atoms with Gasteiger partial charge in [0.05, 0.1) is 31.7 Å². The van der Waals surface area contributed by atoms with Crippen LogP contribution in [0.3, 0.4) is 0 Å². The number of non-ortho nitro benzene ring substituents is 1. The van der Waals surface area contributed by atoms with E-state index in [1.165, 1.54) is 6.07 Å². The second kappa shape index (κ2) is 11.1. The highest BCUT2D eigenvalue weighted by Gasteiger charge is 2.29. The molecular formula is C26H30N4O5. The molecule has 0 fully saturated rings. The van der Waals surface area contributed by atoms with Gasteiger partial charge in [0.1, 0.15) is 0 Å². The van der Waals surface area contributed by atoms with Gasteiger partial charge in [0.2, 0.25) is 5.91 Å². The Morgan fingerprint density at radius 2 is 1.91 bits per heavy atom. The van der Waals surface area contributed by atoms with Crippen molar-refractivity contribution in [1.29, 1.82) is 0 Å². The first-order valence-corrected chi connectivity index (χ1v) is 11.6. The van der Waals surface area contributed by atoms with E-state index in [-0.39, 0.29) is 29.1 Å². The van der Waals surface area contributed by atoms with E-state index in [4.69, 9.17) is 9.47 Å². The molecule has 4 rings (SSSR count). The van der Waals surface area contributed by atoms with Crippen LogP contribution in [-0.2, 0) is 17.8 Å². The van der Waals surface area contributed by atoms with E-state index in [0.29, 0.717) is 31.0 Å². The van der Waals surface area contributed by atoms with Crippen molar-refractivity contribution in [2.75, 3.05) is 33.9 Å². The molecule has 2 aromatic carbocycles. The van der Waals surface area contributed by atoms with Gasteiger partial charge in [0, 0.05) is 43.7 Å². The van der Waals surface area contributed by atoms with Gasteiger partial charge in [-0.2, -0.15) is 0 Å². The predicted octanol–water partition coefficient (Wildman–Crippen LogP) is 3.57. The number of hydrogen-bond donors (Lipinski definition) is 1. The second-order valence-electron chi connectivity index (χ2n) is 8.49. The molecule has 0 radical (unpaired) electrons. The number of aromatic nitrogens is 1. The molecule has 1 aliphatic rings. The van der Waals surface area contributed by atoms with Gasteiger partial charge in [-0.1, -0.05) is 18.2 Å². The minimum absolute atomic E-state index is 0.0455. The summed E-state index contributed by atoms with van der Waals surface area (Å²) in [4.78, 5) is 26.0. The molecule has 1 aliphatic heterocycles. The molecule has 9 nitrogen and oxygen atoms in total. The normalized spacial score (nSPS) is 15.7. The number of hydrogen-bond acceptors (Lipinski definition) is 6. The van der Waals surface area contributed by atoms with E-state index in [9.17, 15) is 14.9 Å². The van der Waals surface area contributed by atoms with E-state index < -0.39 is 0 Å². The van der Waals surface area contributed by atoms with Crippen molar-refractivity contribution in [3.63, 3.8) is 0 Å². The largest absolute Gasteiger partial charge is 0.493 e. The third kappa shape index (κ3) is 5.63.